The van der Waals surface area contributed by atoms with E-state index in [1.807, 2.05) is 13.0 Å². The van der Waals surface area contributed by atoms with Gasteiger partial charge in [0.2, 0.25) is 0 Å². The van der Waals surface area contributed by atoms with Crippen molar-refractivity contribution < 1.29 is 4.39 Å². The average Bonchev–Trinajstić information content (AvgIpc) is 2.59. The summed E-state index contributed by atoms with van der Waals surface area (Å²) in [4.78, 5) is 0. The minimum atomic E-state index is -0.254. The third-order valence-electron chi connectivity index (χ3n) is 2.33. The van der Waals surface area contributed by atoms with Crippen LogP contribution in [0.5, 0.6) is 0 Å². The molecule has 0 saturated carbocycles. The van der Waals surface area contributed by atoms with Crippen molar-refractivity contribution in [2.24, 2.45) is 5.73 Å². The Morgan fingerprint density at radius 2 is 2.27 bits per heavy atom. The van der Waals surface area contributed by atoms with Gasteiger partial charge in [-0.25, -0.2) is 4.39 Å². The van der Waals surface area contributed by atoms with Crippen molar-refractivity contribution >= 4 is 0 Å². The molecule has 3 N–H and O–H groups in total. The maximum atomic E-state index is 13.1. The van der Waals surface area contributed by atoms with Crippen LogP contribution < -0.4 is 5.73 Å². The molecular formula is C11H12FN3. The Balaban J connectivity index is 2.57. The van der Waals surface area contributed by atoms with Crippen LogP contribution in [-0.4, -0.2) is 10.2 Å². The molecule has 0 bridgehead atoms. The quantitative estimate of drug-likeness (QED) is 0.787. The van der Waals surface area contributed by atoms with Gasteiger partial charge in [0, 0.05) is 17.8 Å². The molecule has 15 heavy (non-hydrogen) atoms. The summed E-state index contributed by atoms with van der Waals surface area (Å²) in [5, 5.41) is 6.92. The molecule has 0 amide bonds. The molecule has 1 aromatic carbocycles. The van der Waals surface area contributed by atoms with Gasteiger partial charge < -0.3 is 5.73 Å². The molecule has 0 aliphatic rings. The largest absolute Gasteiger partial charge is 0.325 e. The Morgan fingerprint density at radius 1 is 1.47 bits per heavy atom. The lowest BCUT2D eigenvalue weighted by Gasteiger charge is -2.02. The number of nitrogens with two attached hydrogens (primary N) is 1. The molecule has 2 aromatic rings. The summed E-state index contributed by atoms with van der Waals surface area (Å²) in [5.74, 6) is -0.254. The zero-order valence-electron chi connectivity index (χ0n) is 8.42. The maximum Gasteiger partial charge on any atom is 0.123 e. The van der Waals surface area contributed by atoms with Crippen LogP contribution in [-0.2, 0) is 6.54 Å². The van der Waals surface area contributed by atoms with Crippen LogP contribution in [0.3, 0.4) is 0 Å². The smallest absolute Gasteiger partial charge is 0.123 e. The number of halogens is 1. The van der Waals surface area contributed by atoms with E-state index in [-0.39, 0.29) is 5.82 Å². The number of aryl methyl sites for hydroxylation is 1. The maximum absolute atomic E-state index is 13.1. The van der Waals surface area contributed by atoms with Gasteiger partial charge in [0.15, 0.2) is 0 Å². The standard InChI is InChI=1S/C11H12FN3/c1-7-11(10(6-13)15-14-7)8-3-2-4-9(12)5-8/h2-5H,6,13H2,1H3,(H,14,15). The van der Waals surface area contributed by atoms with Gasteiger partial charge in [-0.1, -0.05) is 12.1 Å². The van der Waals surface area contributed by atoms with Crippen LogP contribution in [0.1, 0.15) is 11.4 Å². The van der Waals surface area contributed by atoms with Crippen molar-refractivity contribution in [3.8, 4) is 11.1 Å². The van der Waals surface area contributed by atoms with E-state index >= 15 is 0 Å². The summed E-state index contributed by atoms with van der Waals surface area (Å²) in [5.41, 5.74) is 8.94. The second kappa shape index (κ2) is 3.82. The molecule has 0 atom stereocenters. The number of aromatic amines is 1. The summed E-state index contributed by atoms with van der Waals surface area (Å²) in [6, 6.07) is 6.43. The molecule has 1 heterocycles. The zero-order chi connectivity index (χ0) is 10.8. The first-order chi connectivity index (χ1) is 7.22. The highest BCUT2D eigenvalue weighted by atomic mass is 19.1. The summed E-state index contributed by atoms with van der Waals surface area (Å²) in [6.45, 7) is 2.24. The molecule has 0 aliphatic carbocycles. The Kier molecular flexibility index (Phi) is 2.51. The molecule has 0 fully saturated rings. The van der Waals surface area contributed by atoms with E-state index in [2.05, 4.69) is 10.2 Å². The van der Waals surface area contributed by atoms with Crippen LogP contribution in [0.15, 0.2) is 24.3 Å². The SMILES string of the molecule is Cc1[nH]nc(CN)c1-c1cccc(F)c1. The lowest BCUT2D eigenvalue weighted by molar-refractivity contribution is 0.628. The fourth-order valence-electron chi connectivity index (χ4n) is 1.65. The number of rotatable bonds is 2. The van der Waals surface area contributed by atoms with Crippen molar-refractivity contribution in [2.75, 3.05) is 0 Å². The Bertz CT molecular complexity index is 476. The van der Waals surface area contributed by atoms with E-state index in [9.17, 15) is 4.39 Å². The number of nitrogens with zero attached hydrogens (tertiary/aromatic N) is 1. The summed E-state index contributed by atoms with van der Waals surface area (Å²) in [7, 11) is 0. The van der Waals surface area contributed by atoms with Crippen molar-refractivity contribution in [1.82, 2.24) is 10.2 Å². The highest BCUT2D eigenvalue weighted by molar-refractivity contribution is 5.68. The van der Waals surface area contributed by atoms with Gasteiger partial charge >= 0.3 is 0 Å². The van der Waals surface area contributed by atoms with E-state index in [1.165, 1.54) is 12.1 Å². The first kappa shape index (κ1) is 9.86. The topological polar surface area (TPSA) is 54.7 Å². The molecule has 0 radical (unpaired) electrons. The number of benzene rings is 1. The number of nitrogens with one attached hydrogen (secondary N) is 1. The fourth-order valence-corrected chi connectivity index (χ4v) is 1.65. The molecule has 0 saturated heterocycles. The monoisotopic (exact) mass is 205 g/mol. The lowest BCUT2D eigenvalue weighted by Crippen LogP contribution is -1.98. The summed E-state index contributed by atoms with van der Waals surface area (Å²) in [6.07, 6.45) is 0. The molecule has 78 valence electrons. The van der Waals surface area contributed by atoms with E-state index < -0.39 is 0 Å². The average molecular weight is 205 g/mol. The second-order valence-electron chi connectivity index (χ2n) is 3.38. The molecule has 1 aromatic heterocycles. The Morgan fingerprint density at radius 3 is 2.93 bits per heavy atom. The van der Waals surface area contributed by atoms with Crippen molar-refractivity contribution in [3.63, 3.8) is 0 Å². The van der Waals surface area contributed by atoms with Crippen LogP contribution >= 0.6 is 0 Å². The first-order valence-electron chi connectivity index (χ1n) is 4.72. The molecule has 0 aliphatic heterocycles. The molecule has 0 spiro atoms. The number of H-pyrrole nitrogens is 1. The van der Waals surface area contributed by atoms with Crippen molar-refractivity contribution in [1.29, 1.82) is 0 Å². The van der Waals surface area contributed by atoms with E-state index in [1.54, 1.807) is 6.07 Å². The highest BCUT2D eigenvalue weighted by Gasteiger charge is 2.11. The van der Waals surface area contributed by atoms with Gasteiger partial charge in [-0.15, -0.1) is 0 Å². The summed E-state index contributed by atoms with van der Waals surface area (Å²) >= 11 is 0. The first-order valence-corrected chi connectivity index (χ1v) is 4.72. The predicted octanol–water partition coefficient (Wildman–Crippen LogP) is 1.98. The van der Waals surface area contributed by atoms with Gasteiger partial charge in [-0.2, -0.15) is 5.10 Å². The van der Waals surface area contributed by atoms with Crippen LogP contribution in [0.2, 0.25) is 0 Å². The van der Waals surface area contributed by atoms with E-state index in [0.29, 0.717) is 6.54 Å². The Labute approximate surface area is 87.1 Å². The molecule has 0 unspecified atom stereocenters. The molecule has 2 rings (SSSR count). The minimum absolute atomic E-state index is 0.254. The zero-order valence-corrected chi connectivity index (χ0v) is 8.42. The van der Waals surface area contributed by atoms with E-state index in [0.717, 1.165) is 22.5 Å². The number of hydrogen-bond acceptors (Lipinski definition) is 2. The third-order valence-corrected chi connectivity index (χ3v) is 2.33. The van der Waals surface area contributed by atoms with Gasteiger partial charge in [-0.3, -0.25) is 5.10 Å². The predicted molar refractivity (Wildman–Crippen MR) is 56.6 cm³/mol. The fraction of sp³-hybridized carbons (Fsp3) is 0.182. The van der Waals surface area contributed by atoms with Gasteiger partial charge in [0.05, 0.1) is 5.69 Å². The van der Waals surface area contributed by atoms with Gasteiger partial charge in [0.25, 0.3) is 0 Å². The number of hydrogen-bond donors (Lipinski definition) is 2. The van der Waals surface area contributed by atoms with Crippen molar-refractivity contribution in [2.45, 2.75) is 13.5 Å². The van der Waals surface area contributed by atoms with Gasteiger partial charge in [0.1, 0.15) is 5.82 Å². The lowest BCUT2D eigenvalue weighted by atomic mass is 10.0. The summed E-state index contributed by atoms with van der Waals surface area (Å²) < 4.78 is 13.1. The van der Waals surface area contributed by atoms with E-state index in [4.69, 9.17) is 5.73 Å². The normalized spacial score (nSPS) is 10.6. The molecule has 4 heteroatoms. The highest BCUT2D eigenvalue weighted by Crippen LogP contribution is 2.25. The van der Waals surface area contributed by atoms with Crippen LogP contribution in [0, 0.1) is 12.7 Å². The third kappa shape index (κ3) is 1.76. The number of aromatic nitrogens is 2. The van der Waals surface area contributed by atoms with Gasteiger partial charge in [-0.05, 0) is 24.6 Å². The second-order valence-corrected chi connectivity index (χ2v) is 3.38. The van der Waals surface area contributed by atoms with Crippen molar-refractivity contribution in [3.05, 3.63) is 41.5 Å². The molecule has 3 nitrogen and oxygen atoms in total. The molecular weight excluding hydrogens is 193 g/mol. The van der Waals surface area contributed by atoms with Crippen LogP contribution in [0.4, 0.5) is 4.39 Å². The minimum Gasteiger partial charge on any atom is -0.325 e. The Hall–Kier alpha value is -1.68. The van der Waals surface area contributed by atoms with Crippen LogP contribution in [0.25, 0.3) is 11.1 Å².